The molecule has 1 amide bonds. The summed E-state index contributed by atoms with van der Waals surface area (Å²) in [6.07, 6.45) is 1.08. The first-order valence-corrected chi connectivity index (χ1v) is 7.70. The van der Waals surface area contributed by atoms with Crippen LogP contribution in [-0.2, 0) is 11.2 Å². The van der Waals surface area contributed by atoms with Gasteiger partial charge >= 0.3 is 0 Å². The lowest BCUT2D eigenvalue weighted by atomic mass is 10.1. The van der Waals surface area contributed by atoms with E-state index in [-0.39, 0.29) is 11.9 Å². The van der Waals surface area contributed by atoms with Crippen molar-refractivity contribution in [2.24, 2.45) is 0 Å². The van der Waals surface area contributed by atoms with E-state index in [1.165, 1.54) is 0 Å². The number of aryl methyl sites for hydroxylation is 2. The molecule has 0 aliphatic heterocycles. The third-order valence-electron chi connectivity index (χ3n) is 4.08. The Morgan fingerprint density at radius 2 is 2.14 bits per heavy atom. The first kappa shape index (κ1) is 16.6. The number of amides is 1. The Morgan fingerprint density at radius 1 is 1.41 bits per heavy atom. The maximum atomic E-state index is 12.4. The van der Waals surface area contributed by atoms with Gasteiger partial charge < -0.3 is 9.42 Å². The quantitative estimate of drug-likeness (QED) is 0.833. The van der Waals surface area contributed by atoms with Gasteiger partial charge in [-0.05, 0) is 44.9 Å². The van der Waals surface area contributed by atoms with Crippen LogP contribution < -0.4 is 0 Å². The van der Waals surface area contributed by atoms with E-state index < -0.39 is 0 Å². The number of carbonyl (C=O) groups excluding carboxylic acids is 1. The van der Waals surface area contributed by atoms with Crippen LogP contribution >= 0.6 is 11.6 Å². The van der Waals surface area contributed by atoms with E-state index in [2.05, 4.69) is 5.16 Å². The zero-order valence-electron chi connectivity index (χ0n) is 13.4. The molecule has 4 nitrogen and oxygen atoms in total. The number of carbonyl (C=O) groups is 1. The fourth-order valence-electron chi connectivity index (χ4n) is 2.47. The van der Waals surface area contributed by atoms with Crippen molar-refractivity contribution in [2.75, 3.05) is 7.05 Å². The molecule has 0 bridgehead atoms. The number of benzene rings is 1. The van der Waals surface area contributed by atoms with Gasteiger partial charge in [0.15, 0.2) is 0 Å². The van der Waals surface area contributed by atoms with Gasteiger partial charge in [-0.3, -0.25) is 4.79 Å². The Bertz CT molecular complexity index is 647. The summed E-state index contributed by atoms with van der Waals surface area (Å²) < 4.78 is 5.13. The highest BCUT2D eigenvalue weighted by atomic mass is 35.5. The van der Waals surface area contributed by atoms with Crippen LogP contribution in [0.1, 0.15) is 42.0 Å². The molecule has 0 saturated heterocycles. The third-order valence-corrected chi connectivity index (χ3v) is 4.31. The summed E-state index contributed by atoms with van der Waals surface area (Å²) in [5.41, 5.74) is 2.91. The summed E-state index contributed by atoms with van der Waals surface area (Å²) in [5.74, 6) is 0.878. The molecule has 5 heteroatoms. The van der Waals surface area contributed by atoms with E-state index in [0.29, 0.717) is 17.9 Å². The number of aromatic nitrogens is 1. The fourth-order valence-corrected chi connectivity index (χ4v) is 2.67. The summed E-state index contributed by atoms with van der Waals surface area (Å²) in [7, 11) is 1.82. The van der Waals surface area contributed by atoms with Gasteiger partial charge in [0.2, 0.25) is 5.91 Å². The molecular weight excluding hydrogens is 300 g/mol. The van der Waals surface area contributed by atoms with Crippen molar-refractivity contribution >= 4 is 17.5 Å². The molecule has 0 spiro atoms. The van der Waals surface area contributed by atoms with Gasteiger partial charge in [0.05, 0.1) is 11.7 Å². The third kappa shape index (κ3) is 3.69. The topological polar surface area (TPSA) is 46.3 Å². The molecule has 1 aromatic heterocycles. The smallest absolute Gasteiger partial charge is 0.223 e. The molecule has 1 unspecified atom stereocenters. The minimum atomic E-state index is -0.0177. The number of halogens is 1. The van der Waals surface area contributed by atoms with Crippen LogP contribution in [0.3, 0.4) is 0 Å². The van der Waals surface area contributed by atoms with Gasteiger partial charge in [0.1, 0.15) is 5.76 Å². The van der Waals surface area contributed by atoms with Gasteiger partial charge in [-0.1, -0.05) is 28.9 Å². The normalized spacial score (nSPS) is 12.2. The molecule has 22 heavy (non-hydrogen) atoms. The van der Waals surface area contributed by atoms with Crippen LogP contribution in [0.15, 0.2) is 28.8 Å². The molecule has 2 aromatic rings. The van der Waals surface area contributed by atoms with E-state index in [4.69, 9.17) is 16.1 Å². The number of hydrogen-bond donors (Lipinski definition) is 0. The number of nitrogens with zero attached hydrogens (tertiary/aromatic N) is 2. The molecule has 0 aliphatic carbocycles. The summed E-state index contributed by atoms with van der Waals surface area (Å²) in [6.45, 7) is 5.77. The Labute approximate surface area is 136 Å². The molecule has 0 saturated carbocycles. The molecular formula is C17H21ClN2O2. The monoisotopic (exact) mass is 320 g/mol. The standard InChI is InChI=1S/C17H21ClN2O2/c1-11-16(13(3)22-19-11)8-9-17(21)20(4)12(2)14-6-5-7-15(18)10-14/h5-7,10,12H,8-9H2,1-4H3. The van der Waals surface area contributed by atoms with E-state index >= 15 is 0 Å². The average molecular weight is 321 g/mol. The van der Waals surface area contributed by atoms with Crippen LogP contribution in [-0.4, -0.2) is 23.0 Å². The summed E-state index contributed by atoms with van der Waals surface area (Å²) in [5, 5.41) is 4.60. The molecule has 0 radical (unpaired) electrons. The lowest BCUT2D eigenvalue weighted by molar-refractivity contribution is -0.131. The highest BCUT2D eigenvalue weighted by Gasteiger charge is 2.19. The van der Waals surface area contributed by atoms with Crippen LogP contribution in [0.25, 0.3) is 0 Å². The van der Waals surface area contributed by atoms with Gasteiger partial charge in [-0.2, -0.15) is 0 Å². The summed E-state index contributed by atoms with van der Waals surface area (Å²) in [6, 6.07) is 7.59. The van der Waals surface area contributed by atoms with E-state index in [0.717, 1.165) is 22.6 Å². The average Bonchev–Trinajstić information content (AvgIpc) is 2.82. The van der Waals surface area contributed by atoms with Gasteiger partial charge in [0, 0.05) is 24.1 Å². The first-order chi connectivity index (χ1) is 10.4. The van der Waals surface area contributed by atoms with Crippen molar-refractivity contribution in [3.05, 3.63) is 51.9 Å². The van der Waals surface area contributed by atoms with Gasteiger partial charge in [0.25, 0.3) is 0 Å². The second-order valence-electron chi connectivity index (χ2n) is 5.54. The Balaban J connectivity index is 2.00. The van der Waals surface area contributed by atoms with Crippen molar-refractivity contribution in [3.63, 3.8) is 0 Å². The predicted molar refractivity (Wildman–Crippen MR) is 86.9 cm³/mol. The van der Waals surface area contributed by atoms with E-state index in [1.807, 2.05) is 52.1 Å². The second-order valence-corrected chi connectivity index (χ2v) is 5.97. The zero-order valence-corrected chi connectivity index (χ0v) is 14.1. The lowest BCUT2D eigenvalue weighted by Crippen LogP contribution is -2.29. The summed E-state index contributed by atoms with van der Waals surface area (Å²) in [4.78, 5) is 14.2. The highest BCUT2D eigenvalue weighted by Crippen LogP contribution is 2.23. The van der Waals surface area contributed by atoms with Gasteiger partial charge in [-0.25, -0.2) is 0 Å². The largest absolute Gasteiger partial charge is 0.361 e. The molecule has 1 atom stereocenters. The number of rotatable bonds is 5. The predicted octanol–water partition coefficient (Wildman–Crippen LogP) is 4.10. The molecule has 1 aromatic carbocycles. The number of hydrogen-bond acceptors (Lipinski definition) is 3. The molecule has 0 N–H and O–H groups in total. The molecule has 1 heterocycles. The van der Waals surface area contributed by atoms with E-state index in [9.17, 15) is 4.79 Å². The highest BCUT2D eigenvalue weighted by molar-refractivity contribution is 6.30. The minimum Gasteiger partial charge on any atom is -0.361 e. The lowest BCUT2D eigenvalue weighted by Gasteiger charge is -2.25. The summed E-state index contributed by atoms with van der Waals surface area (Å²) >= 11 is 6.02. The second kappa shape index (κ2) is 6.97. The van der Waals surface area contributed by atoms with Crippen LogP contribution in [0, 0.1) is 13.8 Å². The Morgan fingerprint density at radius 3 is 2.73 bits per heavy atom. The van der Waals surface area contributed by atoms with E-state index in [1.54, 1.807) is 4.90 Å². The van der Waals surface area contributed by atoms with Crippen molar-refractivity contribution in [2.45, 2.75) is 39.7 Å². The Hall–Kier alpha value is -1.81. The van der Waals surface area contributed by atoms with Gasteiger partial charge in [-0.15, -0.1) is 0 Å². The van der Waals surface area contributed by atoms with Crippen molar-refractivity contribution in [3.8, 4) is 0 Å². The van der Waals surface area contributed by atoms with Crippen molar-refractivity contribution in [1.29, 1.82) is 0 Å². The molecule has 2 rings (SSSR count). The molecule has 0 aliphatic rings. The first-order valence-electron chi connectivity index (χ1n) is 7.33. The minimum absolute atomic E-state index is 0.0177. The molecule has 0 fully saturated rings. The molecule has 118 valence electrons. The Kier molecular flexibility index (Phi) is 5.24. The van der Waals surface area contributed by atoms with Crippen LogP contribution in [0.4, 0.5) is 0 Å². The van der Waals surface area contributed by atoms with Crippen LogP contribution in [0.5, 0.6) is 0 Å². The SMILES string of the molecule is Cc1noc(C)c1CCC(=O)N(C)C(C)c1cccc(Cl)c1. The van der Waals surface area contributed by atoms with Crippen molar-refractivity contribution in [1.82, 2.24) is 10.1 Å². The van der Waals surface area contributed by atoms with Crippen LogP contribution in [0.2, 0.25) is 5.02 Å². The van der Waals surface area contributed by atoms with Crippen molar-refractivity contribution < 1.29 is 9.32 Å². The maximum Gasteiger partial charge on any atom is 0.223 e. The zero-order chi connectivity index (χ0) is 16.3. The maximum absolute atomic E-state index is 12.4. The fraction of sp³-hybridized carbons (Fsp3) is 0.412.